The number of nitrogens with zero attached hydrogens (tertiary/aromatic N) is 4. The molecule has 0 bridgehead atoms. The van der Waals surface area contributed by atoms with Crippen molar-refractivity contribution in [2.45, 2.75) is 32.5 Å². The highest BCUT2D eigenvalue weighted by Gasteiger charge is 2.30. The van der Waals surface area contributed by atoms with Crippen LogP contribution in [0.1, 0.15) is 40.2 Å². The zero-order valence-electron chi connectivity index (χ0n) is 17.9. The third-order valence-electron chi connectivity index (χ3n) is 5.43. The van der Waals surface area contributed by atoms with E-state index in [1.165, 1.54) is 25.1 Å². The summed E-state index contributed by atoms with van der Waals surface area (Å²) in [7, 11) is 0. The van der Waals surface area contributed by atoms with Gasteiger partial charge in [0.25, 0.3) is 5.91 Å². The number of nitrogens with one attached hydrogen (secondary N) is 1. The monoisotopic (exact) mass is 457 g/mol. The van der Waals surface area contributed by atoms with Gasteiger partial charge in [-0.1, -0.05) is 6.07 Å². The van der Waals surface area contributed by atoms with Crippen LogP contribution in [0.2, 0.25) is 0 Å². The number of anilines is 1. The summed E-state index contributed by atoms with van der Waals surface area (Å²) >= 11 is 0. The van der Waals surface area contributed by atoms with Gasteiger partial charge in [-0.3, -0.25) is 9.59 Å². The number of alkyl halides is 3. The van der Waals surface area contributed by atoms with E-state index in [0.717, 1.165) is 54.1 Å². The Kier molecular flexibility index (Phi) is 6.17. The van der Waals surface area contributed by atoms with Gasteiger partial charge in [0.2, 0.25) is 5.43 Å². The number of hydrogen-bond acceptors (Lipinski definition) is 5. The lowest BCUT2D eigenvalue weighted by molar-refractivity contribution is -0.137. The molecular weight excluding hydrogens is 435 g/mol. The topological polar surface area (TPSA) is 80.1 Å². The Balaban J connectivity index is 1.55. The molecule has 1 aromatic carbocycles. The average Bonchev–Trinajstić information content (AvgIpc) is 3.32. The zero-order chi connectivity index (χ0) is 23.6. The number of amides is 1. The summed E-state index contributed by atoms with van der Waals surface area (Å²) in [5, 5.41) is 6.73. The first-order valence-corrected chi connectivity index (χ1v) is 10.5. The lowest BCUT2D eigenvalue weighted by atomic mass is 10.2. The second kappa shape index (κ2) is 9.05. The second-order valence-electron chi connectivity index (χ2n) is 7.86. The number of carbonyl (C=O) groups excluding carboxylic acids is 1. The van der Waals surface area contributed by atoms with E-state index in [2.05, 4.69) is 20.3 Å². The Labute approximate surface area is 187 Å². The molecule has 10 heteroatoms. The molecular formula is C23H22F3N5O2. The Bertz CT molecular complexity index is 1230. The Morgan fingerprint density at radius 3 is 2.61 bits per heavy atom. The van der Waals surface area contributed by atoms with Crippen molar-refractivity contribution in [1.29, 1.82) is 0 Å². The van der Waals surface area contributed by atoms with Gasteiger partial charge in [-0.05, 0) is 55.7 Å². The van der Waals surface area contributed by atoms with Gasteiger partial charge in [0.1, 0.15) is 5.82 Å². The summed E-state index contributed by atoms with van der Waals surface area (Å²) in [5.41, 5.74) is -0.642. The fourth-order valence-electron chi connectivity index (χ4n) is 3.74. The summed E-state index contributed by atoms with van der Waals surface area (Å²) < 4.78 is 40.4. The summed E-state index contributed by atoms with van der Waals surface area (Å²) in [6.07, 6.45) is -0.638. The van der Waals surface area contributed by atoms with E-state index in [0.29, 0.717) is 5.69 Å². The fraction of sp³-hybridized carbons (Fsp3) is 0.304. The number of aryl methyl sites for hydroxylation is 1. The number of benzene rings is 1. The first-order valence-electron chi connectivity index (χ1n) is 10.5. The Hall–Kier alpha value is -3.69. The van der Waals surface area contributed by atoms with Crippen LogP contribution in [-0.4, -0.2) is 33.8 Å². The molecule has 1 fully saturated rings. The first kappa shape index (κ1) is 22.5. The van der Waals surface area contributed by atoms with Crippen LogP contribution in [0.4, 0.5) is 19.0 Å². The van der Waals surface area contributed by atoms with Crippen molar-refractivity contribution >= 4 is 11.7 Å². The molecule has 33 heavy (non-hydrogen) atoms. The average molecular weight is 457 g/mol. The molecule has 0 aliphatic carbocycles. The van der Waals surface area contributed by atoms with Crippen LogP contribution >= 0.6 is 0 Å². The van der Waals surface area contributed by atoms with Gasteiger partial charge in [-0.15, -0.1) is 0 Å². The van der Waals surface area contributed by atoms with Crippen molar-refractivity contribution in [3.8, 4) is 5.69 Å². The SMILES string of the molecule is Cc1cc(=O)c(C(=O)NCc2ccnc(N3CCCC3)c2)nn1-c1cccc(C(F)(F)F)c1. The largest absolute Gasteiger partial charge is 0.416 e. The molecule has 1 N–H and O–H groups in total. The summed E-state index contributed by atoms with van der Waals surface area (Å²) in [6.45, 7) is 3.56. The highest BCUT2D eigenvalue weighted by atomic mass is 19.4. The summed E-state index contributed by atoms with van der Waals surface area (Å²) in [6, 6.07) is 9.37. The van der Waals surface area contributed by atoms with Gasteiger partial charge in [0.15, 0.2) is 5.69 Å². The fourth-order valence-corrected chi connectivity index (χ4v) is 3.74. The van der Waals surface area contributed by atoms with Crippen molar-refractivity contribution in [2.75, 3.05) is 18.0 Å². The molecule has 1 amide bonds. The highest BCUT2D eigenvalue weighted by molar-refractivity contribution is 5.92. The number of halogens is 3. The number of pyridine rings is 1. The van der Waals surface area contributed by atoms with E-state index in [9.17, 15) is 22.8 Å². The number of carbonyl (C=O) groups is 1. The third kappa shape index (κ3) is 5.05. The van der Waals surface area contributed by atoms with Crippen molar-refractivity contribution in [1.82, 2.24) is 20.1 Å². The molecule has 3 heterocycles. The molecule has 4 rings (SSSR count). The van der Waals surface area contributed by atoms with Gasteiger partial charge in [0, 0.05) is 37.6 Å². The lowest BCUT2D eigenvalue weighted by Gasteiger charge is -2.17. The van der Waals surface area contributed by atoms with E-state index >= 15 is 0 Å². The van der Waals surface area contributed by atoms with Crippen LogP contribution in [0.3, 0.4) is 0 Å². The minimum atomic E-state index is -4.53. The number of aromatic nitrogens is 3. The maximum Gasteiger partial charge on any atom is 0.416 e. The lowest BCUT2D eigenvalue weighted by Crippen LogP contribution is -2.31. The van der Waals surface area contributed by atoms with E-state index in [1.54, 1.807) is 12.3 Å². The summed E-state index contributed by atoms with van der Waals surface area (Å²) in [5.74, 6) is 0.125. The molecule has 172 valence electrons. The Morgan fingerprint density at radius 2 is 1.88 bits per heavy atom. The maximum atomic E-state index is 13.1. The normalized spacial score (nSPS) is 13.9. The van der Waals surface area contributed by atoms with Gasteiger partial charge in [0.05, 0.1) is 11.3 Å². The molecule has 1 aliphatic rings. The minimum Gasteiger partial charge on any atom is -0.357 e. The van der Waals surface area contributed by atoms with Crippen LogP contribution in [0.15, 0.2) is 53.5 Å². The Morgan fingerprint density at radius 1 is 1.12 bits per heavy atom. The number of rotatable bonds is 5. The molecule has 0 spiro atoms. The van der Waals surface area contributed by atoms with E-state index in [4.69, 9.17) is 0 Å². The molecule has 0 unspecified atom stereocenters. The van der Waals surface area contributed by atoms with Gasteiger partial charge >= 0.3 is 6.18 Å². The predicted octanol–water partition coefficient (Wildman–Crippen LogP) is 3.48. The molecule has 7 nitrogen and oxygen atoms in total. The number of hydrogen-bond donors (Lipinski definition) is 1. The molecule has 0 saturated carbocycles. The van der Waals surface area contributed by atoms with Crippen LogP contribution in [-0.2, 0) is 12.7 Å². The molecule has 3 aromatic rings. The second-order valence-corrected chi connectivity index (χ2v) is 7.86. The van der Waals surface area contributed by atoms with Gasteiger partial charge in [-0.2, -0.15) is 18.3 Å². The van der Waals surface area contributed by atoms with Gasteiger partial charge < -0.3 is 10.2 Å². The zero-order valence-corrected chi connectivity index (χ0v) is 17.9. The molecule has 0 atom stereocenters. The van der Waals surface area contributed by atoms with Crippen molar-refractivity contribution < 1.29 is 18.0 Å². The molecule has 1 aliphatic heterocycles. The predicted molar refractivity (Wildman–Crippen MR) is 116 cm³/mol. The van der Waals surface area contributed by atoms with E-state index in [1.807, 2.05) is 6.07 Å². The van der Waals surface area contributed by atoms with Crippen LogP contribution in [0.25, 0.3) is 5.69 Å². The quantitative estimate of drug-likeness (QED) is 0.635. The highest BCUT2D eigenvalue weighted by Crippen LogP contribution is 2.30. The van der Waals surface area contributed by atoms with Crippen LogP contribution < -0.4 is 15.6 Å². The third-order valence-corrected chi connectivity index (χ3v) is 5.43. The van der Waals surface area contributed by atoms with Gasteiger partial charge in [-0.25, -0.2) is 9.67 Å². The van der Waals surface area contributed by atoms with Crippen molar-refractivity contribution in [2.24, 2.45) is 0 Å². The van der Waals surface area contributed by atoms with Crippen LogP contribution in [0.5, 0.6) is 0 Å². The standard InChI is InChI=1S/C23H22F3N5O2/c1-15-11-19(32)21(29-31(15)18-6-4-5-17(13-18)23(24,25)26)22(33)28-14-16-7-8-27-20(12-16)30-9-2-3-10-30/h4-8,11-13H,2-3,9-10,14H2,1H3,(H,28,33). The maximum absolute atomic E-state index is 13.1. The van der Waals surface area contributed by atoms with E-state index < -0.39 is 28.8 Å². The minimum absolute atomic E-state index is 0.0979. The van der Waals surface area contributed by atoms with E-state index in [-0.39, 0.29) is 12.2 Å². The van der Waals surface area contributed by atoms with Crippen LogP contribution in [0, 0.1) is 6.92 Å². The molecule has 2 aromatic heterocycles. The summed E-state index contributed by atoms with van der Waals surface area (Å²) in [4.78, 5) is 31.6. The van der Waals surface area contributed by atoms with Crippen molar-refractivity contribution in [3.05, 3.63) is 81.4 Å². The smallest absolute Gasteiger partial charge is 0.357 e. The first-order chi connectivity index (χ1) is 15.7. The molecule has 1 saturated heterocycles. The molecule has 0 radical (unpaired) electrons. The van der Waals surface area contributed by atoms with Crippen molar-refractivity contribution in [3.63, 3.8) is 0 Å².